The smallest absolute Gasteiger partial charge is 0.330 e. The van der Waals surface area contributed by atoms with Gasteiger partial charge in [-0.05, 0) is 12.5 Å². The average molecular weight is 254 g/mol. The summed E-state index contributed by atoms with van der Waals surface area (Å²) in [4.78, 5) is 11.1. The summed E-state index contributed by atoms with van der Waals surface area (Å²) in [6.07, 6.45) is 5.34. The molecule has 4 heteroatoms. The van der Waals surface area contributed by atoms with Gasteiger partial charge in [0.25, 0.3) is 0 Å². The molecule has 0 aromatic carbocycles. The average Bonchev–Trinajstić information content (AvgIpc) is 2.39. The van der Waals surface area contributed by atoms with E-state index >= 15 is 0 Å². The highest BCUT2D eigenvalue weighted by molar-refractivity contribution is 5.81. The molecule has 18 heavy (non-hydrogen) atoms. The van der Waals surface area contributed by atoms with E-state index in [9.17, 15) is 15.0 Å². The fraction of sp³-hybridized carbons (Fsp3) is 0.500. The van der Waals surface area contributed by atoms with Crippen molar-refractivity contribution in [3.63, 3.8) is 0 Å². The van der Waals surface area contributed by atoms with Crippen molar-refractivity contribution in [3.05, 3.63) is 37.5 Å². The van der Waals surface area contributed by atoms with Gasteiger partial charge in [0, 0.05) is 6.08 Å². The number of carbonyl (C=O) groups excluding carboxylic acids is 1. The van der Waals surface area contributed by atoms with E-state index in [1.165, 1.54) is 18.2 Å². The third kappa shape index (κ3) is 7.04. The van der Waals surface area contributed by atoms with Crippen molar-refractivity contribution in [1.29, 1.82) is 0 Å². The van der Waals surface area contributed by atoms with Gasteiger partial charge in [0.05, 0.1) is 6.10 Å². The lowest BCUT2D eigenvalue weighted by molar-refractivity contribution is -0.144. The van der Waals surface area contributed by atoms with Crippen molar-refractivity contribution in [2.45, 2.75) is 44.5 Å². The number of ether oxygens (including phenoxy) is 1. The summed E-state index contributed by atoms with van der Waals surface area (Å²) < 4.78 is 4.93. The monoisotopic (exact) mass is 254 g/mol. The Bertz CT molecular complexity index is 296. The Morgan fingerprint density at radius 2 is 2.00 bits per heavy atom. The van der Waals surface area contributed by atoms with Crippen LogP contribution >= 0.6 is 0 Å². The number of carbonyl (C=O) groups is 1. The maximum absolute atomic E-state index is 11.1. The molecule has 0 fully saturated rings. The molecule has 0 rings (SSSR count). The van der Waals surface area contributed by atoms with Gasteiger partial charge in [0.1, 0.15) is 12.2 Å². The van der Waals surface area contributed by atoms with E-state index in [0.29, 0.717) is 6.42 Å². The molecule has 0 spiro atoms. The van der Waals surface area contributed by atoms with Crippen LogP contribution in [0.1, 0.15) is 26.2 Å². The van der Waals surface area contributed by atoms with Gasteiger partial charge in [-0.15, -0.1) is 6.58 Å². The van der Waals surface area contributed by atoms with E-state index in [4.69, 9.17) is 4.74 Å². The zero-order valence-electron chi connectivity index (χ0n) is 10.8. The number of hydrogen-bond acceptors (Lipinski definition) is 4. The molecule has 0 saturated heterocycles. The van der Waals surface area contributed by atoms with Crippen LogP contribution in [0, 0.1) is 0 Å². The van der Waals surface area contributed by atoms with E-state index in [0.717, 1.165) is 18.9 Å². The predicted molar refractivity (Wildman–Crippen MR) is 71.0 cm³/mol. The summed E-state index contributed by atoms with van der Waals surface area (Å²) in [5.74, 6) is -0.631. The summed E-state index contributed by atoms with van der Waals surface area (Å²) in [5.41, 5.74) is 0. The summed E-state index contributed by atoms with van der Waals surface area (Å²) >= 11 is 0. The maximum atomic E-state index is 11.1. The Morgan fingerprint density at radius 3 is 2.50 bits per heavy atom. The minimum absolute atomic E-state index is 0.605. The first kappa shape index (κ1) is 16.6. The van der Waals surface area contributed by atoms with Crippen LogP contribution in [0.3, 0.4) is 0 Å². The van der Waals surface area contributed by atoms with Crippen molar-refractivity contribution >= 4 is 5.97 Å². The topological polar surface area (TPSA) is 66.8 Å². The second-order valence-electron chi connectivity index (χ2n) is 3.93. The number of aliphatic hydroxyl groups is 2. The highest BCUT2D eigenvalue weighted by atomic mass is 16.6. The van der Waals surface area contributed by atoms with Crippen molar-refractivity contribution < 1.29 is 19.7 Å². The highest BCUT2D eigenvalue weighted by Gasteiger charge is 2.17. The Labute approximate surface area is 108 Å². The van der Waals surface area contributed by atoms with Crippen LogP contribution in [0.25, 0.3) is 0 Å². The fourth-order valence-electron chi connectivity index (χ4n) is 1.29. The van der Waals surface area contributed by atoms with E-state index in [-0.39, 0.29) is 0 Å². The molecule has 0 aromatic heterocycles. The zero-order valence-corrected chi connectivity index (χ0v) is 10.8. The van der Waals surface area contributed by atoms with Crippen molar-refractivity contribution in [1.82, 2.24) is 0 Å². The second-order valence-corrected chi connectivity index (χ2v) is 3.93. The SMILES string of the molecule is C=CC(=O)O[C@@H](/C=C\[C@@H](O)CCCC)[C@@H](O)C=C. The van der Waals surface area contributed by atoms with Gasteiger partial charge in [-0.2, -0.15) is 0 Å². The molecule has 2 N–H and O–H groups in total. The summed E-state index contributed by atoms with van der Waals surface area (Å²) in [6, 6.07) is 0. The van der Waals surface area contributed by atoms with E-state index in [1.54, 1.807) is 0 Å². The molecule has 0 bridgehead atoms. The van der Waals surface area contributed by atoms with Crippen molar-refractivity contribution in [2.75, 3.05) is 0 Å². The van der Waals surface area contributed by atoms with Gasteiger partial charge in [-0.3, -0.25) is 0 Å². The van der Waals surface area contributed by atoms with Crippen molar-refractivity contribution in [2.24, 2.45) is 0 Å². The molecule has 0 amide bonds. The van der Waals surface area contributed by atoms with E-state index in [1.807, 2.05) is 6.92 Å². The molecule has 0 aliphatic heterocycles. The molecule has 4 nitrogen and oxygen atoms in total. The molecule has 0 heterocycles. The van der Waals surface area contributed by atoms with Crippen LogP contribution in [-0.4, -0.2) is 34.5 Å². The van der Waals surface area contributed by atoms with Crippen LogP contribution in [-0.2, 0) is 9.53 Å². The lowest BCUT2D eigenvalue weighted by Gasteiger charge is -2.17. The molecule has 3 atom stereocenters. The van der Waals surface area contributed by atoms with Crippen LogP contribution in [0.4, 0.5) is 0 Å². The Morgan fingerprint density at radius 1 is 1.33 bits per heavy atom. The van der Waals surface area contributed by atoms with Gasteiger partial charge in [0.15, 0.2) is 0 Å². The summed E-state index contributed by atoms with van der Waals surface area (Å²) in [6.45, 7) is 8.74. The molecule has 0 aliphatic carbocycles. The van der Waals surface area contributed by atoms with Gasteiger partial charge in [0.2, 0.25) is 0 Å². The van der Waals surface area contributed by atoms with Gasteiger partial charge < -0.3 is 14.9 Å². The summed E-state index contributed by atoms with van der Waals surface area (Å²) in [7, 11) is 0. The minimum Gasteiger partial charge on any atom is -0.452 e. The number of hydrogen-bond donors (Lipinski definition) is 2. The van der Waals surface area contributed by atoms with Crippen LogP contribution in [0.5, 0.6) is 0 Å². The fourth-order valence-corrected chi connectivity index (χ4v) is 1.29. The predicted octanol–water partition coefficient (Wildman–Crippen LogP) is 1.74. The first-order valence-electron chi connectivity index (χ1n) is 6.05. The van der Waals surface area contributed by atoms with E-state index < -0.39 is 24.3 Å². The van der Waals surface area contributed by atoms with Crippen LogP contribution in [0.15, 0.2) is 37.5 Å². The van der Waals surface area contributed by atoms with Crippen LogP contribution < -0.4 is 0 Å². The van der Waals surface area contributed by atoms with Crippen molar-refractivity contribution in [3.8, 4) is 0 Å². The lowest BCUT2D eigenvalue weighted by atomic mass is 10.1. The number of rotatable bonds is 9. The minimum atomic E-state index is -1.01. The molecule has 0 saturated carbocycles. The van der Waals surface area contributed by atoms with Gasteiger partial charge in [-0.25, -0.2) is 4.79 Å². The molecule has 0 radical (unpaired) electrons. The number of esters is 1. The quantitative estimate of drug-likeness (QED) is 0.373. The Hall–Kier alpha value is -1.39. The number of unbranched alkanes of at least 4 members (excludes halogenated alkanes) is 1. The largest absolute Gasteiger partial charge is 0.452 e. The second kappa shape index (κ2) is 9.62. The molecule has 0 aromatic rings. The normalized spacial score (nSPS) is 15.9. The van der Waals surface area contributed by atoms with Gasteiger partial charge in [-0.1, -0.05) is 38.5 Å². The first-order valence-corrected chi connectivity index (χ1v) is 6.05. The molecule has 0 unspecified atom stereocenters. The third-order valence-corrected chi connectivity index (χ3v) is 2.37. The standard InChI is InChI=1S/C14H22O4/c1-4-7-8-11(15)9-10-13(12(16)5-2)18-14(17)6-3/h5-6,9-13,15-16H,2-4,7-8H2,1H3/b10-9-/t11-,12-,13-/m0/s1. The van der Waals surface area contributed by atoms with Gasteiger partial charge >= 0.3 is 5.97 Å². The maximum Gasteiger partial charge on any atom is 0.330 e. The van der Waals surface area contributed by atoms with Crippen LogP contribution in [0.2, 0.25) is 0 Å². The molecule has 102 valence electrons. The summed E-state index contributed by atoms with van der Waals surface area (Å²) in [5, 5.41) is 19.2. The molecule has 0 aliphatic rings. The van der Waals surface area contributed by atoms with E-state index in [2.05, 4.69) is 13.2 Å². The first-order chi connectivity index (χ1) is 8.54. The lowest BCUT2D eigenvalue weighted by Crippen LogP contribution is -2.27. The molecular weight excluding hydrogens is 232 g/mol. The molecular formula is C14H22O4. The number of aliphatic hydroxyl groups excluding tert-OH is 2. The Balaban J connectivity index is 4.47. The third-order valence-electron chi connectivity index (χ3n) is 2.37. The Kier molecular flexibility index (Phi) is 8.88. The highest BCUT2D eigenvalue weighted by Crippen LogP contribution is 2.07. The zero-order chi connectivity index (χ0) is 14.0.